The Bertz CT molecular complexity index is 414. The highest BCUT2D eigenvalue weighted by atomic mass is 15.2. The fourth-order valence-electron chi connectivity index (χ4n) is 3.04. The number of nitrogens with one attached hydrogen (secondary N) is 1. The number of piperidine rings is 1. The van der Waals surface area contributed by atoms with E-state index in [1.807, 2.05) is 0 Å². The first kappa shape index (κ1) is 15.5. The molecule has 0 saturated carbocycles. The highest BCUT2D eigenvalue weighted by Crippen LogP contribution is 2.24. The second-order valence-electron chi connectivity index (χ2n) is 6.69. The summed E-state index contributed by atoms with van der Waals surface area (Å²) in [6.07, 6.45) is 2.73. The van der Waals surface area contributed by atoms with Crippen molar-refractivity contribution in [2.75, 3.05) is 6.54 Å². The summed E-state index contributed by atoms with van der Waals surface area (Å²) < 4.78 is 0. The van der Waals surface area contributed by atoms with Crippen molar-refractivity contribution in [1.82, 2.24) is 10.2 Å². The second-order valence-corrected chi connectivity index (χ2v) is 6.69. The van der Waals surface area contributed by atoms with Crippen LogP contribution in [0.15, 0.2) is 24.3 Å². The summed E-state index contributed by atoms with van der Waals surface area (Å²) in [7, 11) is 0. The molecule has 0 aromatic heterocycles. The number of hydrogen-bond donors (Lipinski definition) is 1. The standard InChI is InChI=1S/C18H30N2/c1-14(2)19-12-17-8-5-9-18(11-17)13-20-10-6-7-15(3)16(20)4/h5,8-9,11,14-16,19H,6-7,10,12-13H2,1-4H3. The van der Waals surface area contributed by atoms with Crippen LogP contribution in [-0.4, -0.2) is 23.5 Å². The van der Waals surface area contributed by atoms with E-state index in [9.17, 15) is 0 Å². The summed E-state index contributed by atoms with van der Waals surface area (Å²) in [4.78, 5) is 2.64. The van der Waals surface area contributed by atoms with Crippen LogP contribution in [0.25, 0.3) is 0 Å². The minimum atomic E-state index is 0.543. The number of rotatable bonds is 5. The number of hydrogen-bond acceptors (Lipinski definition) is 2. The number of nitrogens with zero attached hydrogens (tertiary/aromatic N) is 1. The quantitative estimate of drug-likeness (QED) is 0.878. The van der Waals surface area contributed by atoms with Crippen LogP contribution in [0.4, 0.5) is 0 Å². The smallest absolute Gasteiger partial charge is 0.0236 e. The lowest BCUT2D eigenvalue weighted by atomic mass is 9.91. The first-order valence-corrected chi connectivity index (χ1v) is 8.11. The van der Waals surface area contributed by atoms with Gasteiger partial charge in [0.2, 0.25) is 0 Å². The molecule has 1 aliphatic rings. The topological polar surface area (TPSA) is 15.3 Å². The van der Waals surface area contributed by atoms with Crippen molar-refractivity contribution in [2.45, 2.75) is 65.7 Å². The minimum Gasteiger partial charge on any atom is -0.310 e. The Kier molecular flexibility index (Phi) is 5.62. The molecule has 0 bridgehead atoms. The van der Waals surface area contributed by atoms with Gasteiger partial charge in [0.15, 0.2) is 0 Å². The van der Waals surface area contributed by atoms with E-state index in [1.54, 1.807) is 0 Å². The van der Waals surface area contributed by atoms with Gasteiger partial charge in [0.25, 0.3) is 0 Å². The molecular weight excluding hydrogens is 244 g/mol. The van der Waals surface area contributed by atoms with E-state index >= 15 is 0 Å². The van der Waals surface area contributed by atoms with Crippen molar-refractivity contribution < 1.29 is 0 Å². The van der Waals surface area contributed by atoms with E-state index < -0.39 is 0 Å². The van der Waals surface area contributed by atoms with Crippen LogP contribution in [0.5, 0.6) is 0 Å². The Morgan fingerprint density at radius 2 is 2.00 bits per heavy atom. The zero-order valence-corrected chi connectivity index (χ0v) is 13.5. The van der Waals surface area contributed by atoms with Crippen molar-refractivity contribution >= 4 is 0 Å². The van der Waals surface area contributed by atoms with E-state index in [4.69, 9.17) is 0 Å². The average Bonchev–Trinajstić information content (AvgIpc) is 2.42. The van der Waals surface area contributed by atoms with Gasteiger partial charge in [-0.25, -0.2) is 0 Å². The van der Waals surface area contributed by atoms with Gasteiger partial charge >= 0.3 is 0 Å². The summed E-state index contributed by atoms with van der Waals surface area (Å²) in [5.74, 6) is 0.828. The van der Waals surface area contributed by atoms with Crippen molar-refractivity contribution in [3.8, 4) is 0 Å². The SMILES string of the molecule is CC(C)NCc1cccc(CN2CCCC(C)C2C)c1. The maximum Gasteiger partial charge on any atom is 0.0236 e. The zero-order chi connectivity index (χ0) is 14.5. The highest BCUT2D eigenvalue weighted by Gasteiger charge is 2.24. The summed E-state index contributed by atoms with van der Waals surface area (Å²) in [5.41, 5.74) is 2.85. The predicted octanol–water partition coefficient (Wildman–Crippen LogP) is 3.81. The highest BCUT2D eigenvalue weighted by molar-refractivity contribution is 5.23. The third-order valence-electron chi connectivity index (χ3n) is 4.60. The van der Waals surface area contributed by atoms with E-state index in [1.165, 1.54) is 30.5 Å². The molecule has 112 valence electrons. The summed E-state index contributed by atoms with van der Waals surface area (Å²) in [6.45, 7) is 12.5. The summed E-state index contributed by atoms with van der Waals surface area (Å²) >= 11 is 0. The molecule has 2 rings (SSSR count). The van der Waals surface area contributed by atoms with Crippen LogP contribution >= 0.6 is 0 Å². The van der Waals surface area contributed by atoms with Gasteiger partial charge < -0.3 is 5.32 Å². The molecule has 1 saturated heterocycles. The van der Waals surface area contributed by atoms with Gasteiger partial charge in [0, 0.05) is 25.2 Å². The van der Waals surface area contributed by atoms with Crippen LogP contribution in [0.2, 0.25) is 0 Å². The normalized spacial score (nSPS) is 24.2. The molecule has 2 unspecified atom stereocenters. The van der Waals surface area contributed by atoms with Gasteiger partial charge in [-0.2, -0.15) is 0 Å². The molecule has 0 spiro atoms. The van der Waals surface area contributed by atoms with Crippen LogP contribution < -0.4 is 5.32 Å². The Hall–Kier alpha value is -0.860. The van der Waals surface area contributed by atoms with Crippen molar-refractivity contribution in [1.29, 1.82) is 0 Å². The molecule has 2 nitrogen and oxygen atoms in total. The van der Waals surface area contributed by atoms with E-state index in [0.717, 1.165) is 19.0 Å². The van der Waals surface area contributed by atoms with Crippen molar-refractivity contribution in [3.05, 3.63) is 35.4 Å². The Labute approximate surface area is 124 Å². The average molecular weight is 274 g/mol. The molecule has 0 amide bonds. The second kappa shape index (κ2) is 7.24. The van der Waals surface area contributed by atoms with Gasteiger partial charge in [0.05, 0.1) is 0 Å². The monoisotopic (exact) mass is 274 g/mol. The molecular formula is C18H30N2. The molecule has 1 heterocycles. The lowest BCUT2D eigenvalue weighted by Crippen LogP contribution is -2.41. The minimum absolute atomic E-state index is 0.543. The Balaban J connectivity index is 1.96. The molecule has 2 heteroatoms. The Morgan fingerprint density at radius 1 is 1.25 bits per heavy atom. The van der Waals surface area contributed by atoms with E-state index in [0.29, 0.717) is 12.1 Å². The number of likely N-dealkylation sites (tertiary alicyclic amines) is 1. The van der Waals surface area contributed by atoms with Crippen LogP contribution in [-0.2, 0) is 13.1 Å². The van der Waals surface area contributed by atoms with Gasteiger partial charge in [-0.05, 0) is 43.4 Å². The molecule has 0 radical (unpaired) electrons. The van der Waals surface area contributed by atoms with Crippen LogP contribution in [0.3, 0.4) is 0 Å². The first-order valence-electron chi connectivity index (χ1n) is 8.11. The Morgan fingerprint density at radius 3 is 2.75 bits per heavy atom. The maximum atomic E-state index is 3.49. The molecule has 1 fully saturated rings. The van der Waals surface area contributed by atoms with Crippen LogP contribution in [0, 0.1) is 5.92 Å². The lowest BCUT2D eigenvalue weighted by molar-refractivity contribution is 0.106. The third kappa shape index (κ3) is 4.32. The largest absolute Gasteiger partial charge is 0.310 e. The molecule has 0 aliphatic carbocycles. The van der Waals surface area contributed by atoms with Crippen molar-refractivity contribution in [2.24, 2.45) is 5.92 Å². The van der Waals surface area contributed by atoms with Gasteiger partial charge in [-0.1, -0.05) is 45.0 Å². The zero-order valence-electron chi connectivity index (χ0n) is 13.5. The van der Waals surface area contributed by atoms with E-state index in [2.05, 4.69) is 62.2 Å². The molecule has 2 atom stereocenters. The number of benzene rings is 1. The summed E-state index contributed by atoms with van der Waals surface area (Å²) in [6, 6.07) is 10.3. The summed E-state index contributed by atoms with van der Waals surface area (Å²) in [5, 5.41) is 3.49. The van der Waals surface area contributed by atoms with Crippen molar-refractivity contribution in [3.63, 3.8) is 0 Å². The maximum absolute atomic E-state index is 3.49. The van der Waals surface area contributed by atoms with Gasteiger partial charge in [-0.15, -0.1) is 0 Å². The molecule has 20 heavy (non-hydrogen) atoms. The molecule has 1 aromatic carbocycles. The predicted molar refractivity (Wildman–Crippen MR) is 86.7 cm³/mol. The lowest BCUT2D eigenvalue weighted by Gasteiger charge is -2.38. The van der Waals surface area contributed by atoms with Gasteiger partial charge in [0.1, 0.15) is 0 Å². The third-order valence-corrected chi connectivity index (χ3v) is 4.60. The van der Waals surface area contributed by atoms with Crippen LogP contribution in [0.1, 0.15) is 51.7 Å². The van der Waals surface area contributed by atoms with Gasteiger partial charge in [-0.3, -0.25) is 4.90 Å². The molecule has 1 aliphatic heterocycles. The first-order chi connectivity index (χ1) is 9.56. The fourth-order valence-corrected chi connectivity index (χ4v) is 3.04. The fraction of sp³-hybridized carbons (Fsp3) is 0.667. The molecule has 1 aromatic rings. The van der Waals surface area contributed by atoms with E-state index in [-0.39, 0.29) is 0 Å². The molecule has 1 N–H and O–H groups in total.